The summed E-state index contributed by atoms with van der Waals surface area (Å²) in [6, 6.07) is 10.8. The summed E-state index contributed by atoms with van der Waals surface area (Å²) in [5, 5.41) is 0. The van der Waals surface area contributed by atoms with Crippen LogP contribution < -0.4 is 15.2 Å². The van der Waals surface area contributed by atoms with Gasteiger partial charge < -0.3 is 9.15 Å². The number of benzene rings is 2. The van der Waals surface area contributed by atoms with Crippen LogP contribution >= 0.6 is 0 Å². The molecule has 0 aliphatic heterocycles. The number of nitrogens with one attached hydrogen (secondary N) is 2. The van der Waals surface area contributed by atoms with Gasteiger partial charge in [0.2, 0.25) is 10.0 Å². The molecule has 25 heavy (non-hydrogen) atoms. The molecule has 0 unspecified atom stereocenters. The molecule has 3 rings (SSSR count). The lowest BCUT2D eigenvalue weighted by Crippen LogP contribution is -2.32. The molecule has 2 aromatic carbocycles. The van der Waals surface area contributed by atoms with Crippen LogP contribution in [0.2, 0.25) is 0 Å². The molecule has 0 bridgehead atoms. The summed E-state index contributed by atoms with van der Waals surface area (Å²) in [4.78, 5) is 25.2. The first-order valence-electron chi connectivity index (χ1n) is 7.24. The molecule has 0 saturated heterocycles. The number of esters is 1. The monoisotopic (exact) mass is 362 g/mol. The third kappa shape index (κ3) is 3.78. The number of fused-ring (bicyclic) bond motifs is 1. The summed E-state index contributed by atoms with van der Waals surface area (Å²) >= 11 is 0. The first-order valence-corrected chi connectivity index (χ1v) is 8.72. The maximum absolute atomic E-state index is 12.3. The van der Waals surface area contributed by atoms with Crippen LogP contribution in [-0.2, 0) is 14.8 Å². The zero-order valence-corrected chi connectivity index (χ0v) is 13.9. The van der Waals surface area contributed by atoms with Crippen molar-refractivity contribution in [3.63, 3.8) is 0 Å². The molecule has 8 nitrogen and oxygen atoms in total. The summed E-state index contributed by atoms with van der Waals surface area (Å²) in [6.07, 6.45) is 0. The maximum Gasteiger partial charge on any atom is 0.417 e. The van der Waals surface area contributed by atoms with E-state index in [9.17, 15) is 18.0 Å². The Hall–Kier alpha value is -2.91. The lowest BCUT2D eigenvalue weighted by Gasteiger charge is -2.08. The molecule has 130 valence electrons. The van der Waals surface area contributed by atoms with Crippen molar-refractivity contribution in [1.82, 2.24) is 9.71 Å². The van der Waals surface area contributed by atoms with E-state index in [4.69, 9.17) is 9.15 Å². The highest BCUT2D eigenvalue weighted by atomic mass is 32.2. The maximum atomic E-state index is 12.3. The molecule has 0 aliphatic carbocycles. The molecule has 0 spiro atoms. The predicted octanol–water partition coefficient (Wildman–Crippen LogP) is 1.31. The number of aryl methyl sites for hydroxylation is 1. The number of carbonyl (C=O) groups is 1. The predicted molar refractivity (Wildman–Crippen MR) is 88.8 cm³/mol. The van der Waals surface area contributed by atoms with Crippen LogP contribution in [-0.4, -0.2) is 25.9 Å². The van der Waals surface area contributed by atoms with Gasteiger partial charge >= 0.3 is 11.7 Å². The SMILES string of the molecule is Cc1ccccc1OC(=O)CNS(=O)(=O)c1ccc2[nH]c(=O)oc2c1. The molecule has 0 aliphatic rings. The van der Waals surface area contributed by atoms with E-state index in [0.29, 0.717) is 11.3 Å². The average molecular weight is 362 g/mol. The number of hydrogen-bond acceptors (Lipinski definition) is 6. The topological polar surface area (TPSA) is 118 Å². The Morgan fingerprint density at radius 1 is 1.24 bits per heavy atom. The Balaban J connectivity index is 1.71. The number of H-pyrrole nitrogens is 1. The van der Waals surface area contributed by atoms with E-state index in [-0.39, 0.29) is 10.5 Å². The van der Waals surface area contributed by atoms with E-state index in [0.717, 1.165) is 5.56 Å². The molecule has 0 atom stereocenters. The highest BCUT2D eigenvalue weighted by Gasteiger charge is 2.18. The van der Waals surface area contributed by atoms with Gasteiger partial charge in [0.15, 0.2) is 5.58 Å². The fourth-order valence-corrected chi connectivity index (χ4v) is 3.14. The normalized spacial score (nSPS) is 11.6. The number of sulfonamides is 1. The summed E-state index contributed by atoms with van der Waals surface area (Å²) < 4.78 is 36.6. The quantitative estimate of drug-likeness (QED) is 0.522. The van der Waals surface area contributed by atoms with Crippen LogP contribution in [0.15, 0.2) is 56.6 Å². The second kappa shape index (κ2) is 6.54. The van der Waals surface area contributed by atoms with E-state index < -0.39 is 28.3 Å². The van der Waals surface area contributed by atoms with Gasteiger partial charge in [-0.15, -0.1) is 0 Å². The highest BCUT2D eigenvalue weighted by molar-refractivity contribution is 7.89. The molecule has 0 radical (unpaired) electrons. The Morgan fingerprint density at radius 3 is 2.76 bits per heavy atom. The van der Waals surface area contributed by atoms with E-state index in [1.54, 1.807) is 31.2 Å². The van der Waals surface area contributed by atoms with Gasteiger partial charge in [0.1, 0.15) is 12.3 Å². The van der Waals surface area contributed by atoms with Crippen molar-refractivity contribution >= 4 is 27.1 Å². The van der Waals surface area contributed by atoms with Crippen molar-refractivity contribution in [3.8, 4) is 5.75 Å². The number of oxazole rings is 1. The highest BCUT2D eigenvalue weighted by Crippen LogP contribution is 2.17. The number of rotatable bonds is 5. The largest absolute Gasteiger partial charge is 0.425 e. The van der Waals surface area contributed by atoms with E-state index in [1.807, 2.05) is 0 Å². The minimum Gasteiger partial charge on any atom is -0.425 e. The lowest BCUT2D eigenvalue weighted by atomic mass is 10.2. The zero-order valence-electron chi connectivity index (χ0n) is 13.1. The van der Waals surface area contributed by atoms with Gasteiger partial charge in [0.25, 0.3) is 0 Å². The Labute approximate surface area is 142 Å². The zero-order chi connectivity index (χ0) is 18.0. The number of aromatic amines is 1. The van der Waals surface area contributed by atoms with E-state index >= 15 is 0 Å². The first-order chi connectivity index (χ1) is 11.8. The van der Waals surface area contributed by atoms with Crippen molar-refractivity contribution in [2.24, 2.45) is 0 Å². The van der Waals surface area contributed by atoms with Crippen molar-refractivity contribution in [2.45, 2.75) is 11.8 Å². The van der Waals surface area contributed by atoms with Crippen LogP contribution in [0.3, 0.4) is 0 Å². The van der Waals surface area contributed by atoms with Crippen LogP contribution in [0.1, 0.15) is 5.56 Å². The van der Waals surface area contributed by atoms with Gasteiger partial charge in [-0.25, -0.2) is 13.2 Å². The first kappa shape index (κ1) is 16.9. The van der Waals surface area contributed by atoms with Gasteiger partial charge in [0, 0.05) is 6.07 Å². The Kier molecular flexibility index (Phi) is 4.43. The standard InChI is InChI=1S/C16H14N2O6S/c1-10-4-2-3-5-13(10)23-15(19)9-17-25(21,22)11-6-7-12-14(8-11)24-16(20)18-12/h2-8,17H,9H2,1H3,(H,18,20). The van der Waals surface area contributed by atoms with Crippen LogP contribution in [0.5, 0.6) is 5.75 Å². The number of para-hydroxylation sites is 1. The summed E-state index contributed by atoms with van der Waals surface area (Å²) in [6.45, 7) is 1.23. The van der Waals surface area contributed by atoms with Crippen LogP contribution in [0, 0.1) is 6.92 Å². The van der Waals surface area contributed by atoms with Crippen LogP contribution in [0.4, 0.5) is 0 Å². The number of carbonyl (C=O) groups excluding carboxylic acids is 1. The van der Waals surface area contributed by atoms with Gasteiger partial charge in [-0.3, -0.25) is 9.78 Å². The Morgan fingerprint density at radius 2 is 2.00 bits per heavy atom. The summed E-state index contributed by atoms with van der Waals surface area (Å²) in [5.41, 5.74) is 1.24. The molecular weight excluding hydrogens is 348 g/mol. The molecular formula is C16H14N2O6S. The minimum atomic E-state index is -3.97. The fourth-order valence-electron chi connectivity index (χ4n) is 2.16. The lowest BCUT2D eigenvalue weighted by molar-refractivity contribution is -0.133. The average Bonchev–Trinajstić information content (AvgIpc) is 2.94. The summed E-state index contributed by atoms with van der Waals surface area (Å²) in [7, 11) is -3.97. The molecule has 3 aromatic rings. The molecule has 1 heterocycles. The third-order valence-electron chi connectivity index (χ3n) is 3.43. The number of ether oxygens (including phenoxy) is 1. The smallest absolute Gasteiger partial charge is 0.417 e. The molecule has 9 heteroatoms. The van der Waals surface area contributed by atoms with Gasteiger partial charge in [-0.2, -0.15) is 4.72 Å². The molecule has 0 saturated carbocycles. The van der Waals surface area contributed by atoms with Crippen molar-refractivity contribution in [2.75, 3.05) is 6.54 Å². The third-order valence-corrected chi connectivity index (χ3v) is 4.83. The second-order valence-corrected chi connectivity index (χ2v) is 7.00. The molecule has 0 amide bonds. The van der Waals surface area contributed by atoms with Gasteiger partial charge in [-0.1, -0.05) is 18.2 Å². The number of hydrogen-bond donors (Lipinski definition) is 2. The fraction of sp³-hybridized carbons (Fsp3) is 0.125. The van der Waals surface area contributed by atoms with Gasteiger partial charge in [0.05, 0.1) is 10.4 Å². The summed E-state index contributed by atoms with van der Waals surface area (Å²) in [5.74, 6) is -1.06. The van der Waals surface area contributed by atoms with Crippen molar-refractivity contribution in [1.29, 1.82) is 0 Å². The Bertz CT molecular complexity index is 1100. The van der Waals surface area contributed by atoms with E-state index in [2.05, 4.69) is 9.71 Å². The molecule has 1 aromatic heterocycles. The second-order valence-electron chi connectivity index (χ2n) is 5.24. The minimum absolute atomic E-state index is 0.107. The number of aromatic nitrogens is 1. The molecule has 0 fully saturated rings. The van der Waals surface area contributed by atoms with Crippen molar-refractivity contribution < 1.29 is 22.4 Å². The van der Waals surface area contributed by atoms with Crippen molar-refractivity contribution in [3.05, 3.63) is 58.6 Å². The van der Waals surface area contributed by atoms with E-state index in [1.165, 1.54) is 18.2 Å². The van der Waals surface area contributed by atoms with Crippen LogP contribution in [0.25, 0.3) is 11.1 Å². The van der Waals surface area contributed by atoms with Gasteiger partial charge in [-0.05, 0) is 30.7 Å². The molecule has 2 N–H and O–H groups in total.